The molecule has 0 fully saturated rings. The largest absolute Gasteiger partial charge is 0.286 e. The lowest BCUT2D eigenvalue weighted by Crippen LogP contribution is -2.33. The van der Waals surface area contributed by atoms with E-state index in [0.29, 0.717) is 44.8 Å². The van der Waals surface area contributed by atoms with Crippen molar-refractivity contribution in [3.8, 4) is 0 Å². The van der Waals surface area contributed by atoms with Gasteiger partial charge in [0, 0.05) is 10.8 Å². The van der Waals surface area contributed by atoms with Crippen molar-refractivity contribution in [3.63, 3.8) is 0 Å². The smallest absolute Gasteiger partial charge is 0.234 e. The van der Waals surface area contributed by atoms with E-state index in [2.05, 4.69) is 0 Å². The van der Waals surface area contributed by atoms with Gasteiger partial charge >= 0.3 is 0 Å². The Kier molecular flexibility index (Phi) is 1.85. The van der Waals surface area contributed by atoms with Gasteiger partial charge in [0.15, 0.2) is 0 Å². The first kappa shape index (κ1) is 11.7. The molecule has 5 rings (SSSR count). The first-order chi connectivity index (χ1) is 10.6. The van der Waals surface area contributed by atoms with E-state index in [-0.39, 0.29) is 0 Å². The summed E-state index contributed by atoms with van der Waals surface area (Å²) >= 11 is 0. The molecule has 0 N–H and O–H groups in total. The van der Waals surface area contributed by atoms with Crippen molar-refractivity contribution in [2.45, 2.75) is 12.8 Å². The third kappa shape index (κ3) is 1.12. The molecule has 0 bridgehead atoms. The molecule has 104 valence electrons. The third-order valence-corrected chi connectivity index (χ3v) is 4.78. The highest BCUT2D eigenvalue weighted by Crippen LogP contribution is 2.21. The van der Waals surface area contributed by atoms with Crippen molar-refractivity contribution in [1.82, 2.24) is 0 Å². The van der Waals surface area contributed by atoms with Crippen LogP contribution in [0.5, 0.6) is 0 Å². The highest BCUT2D eigenvalue weighted by Gasteiger charge is 2.23. The van der Waals surface area contributed by atoms with Crippen molar-refractivity contribution in [2.24, 2.45) is 0 Å². The first-order valence-corrected chi connectivity index (χ1v) is 7.07. The van der Waals surface area contributed by atoms with Crippen LogP contribution in [0, 0.1) is 0 Å². The van der Waals surface area contributed by atoms with E-state index in [1.807, 2.05) is 12.2 Å². The minimum Gasteiger partial charge on any atom is -0.286 e. The highest BCUT2D eigenvalue weighted by molar-refractivity contribution is 6.05. The Morgan fingerprint density at radius 1 is 0.591 bits per heavy atom. The van der Waals surface area contributed by atoms with Crippen LogP contribution in [-0.4, -0.2) is 0 Å². The van der Waals surface area contributed by atoms with E-state index < -0.39 is 21.7 Å². The molecule has 4 nitrogen and oxygen atoms in total. The fourth-order valence-corrected chi connectivity index (χ4v) is 3.92. The molecule has 0 aromatic heterocycles. The Labute approximate surface area is 122 Å². The second-order valence-corrected chi connectivity index (χ2v) is 5.87. The van der Waals surface area contributed by atoms with E-state index in [9.17, 15) is 19.2 Å². The quantitative estimate of drug-likeness (QED) is 0.392. The lowest BCUT2D eigenvalue weighted by molar-refractivity contribution is 1.37. The molecular weight excluding hydrogens is 280 g/mol. The Morgan fingerprint density at radius 2 is 1.00 bits per heavy atom. The van der Waals surface area contributed by atoms with E-state index in [1.165, 1.54) is 12.1 Å². The molecule has 2 aliphatic rings. The minimum absolute atomic E-state index is 0.413. The van der Waals surface area contributed by atoms with Gasteiger partial charge in [-0.05, 0) is 57.3 Å². The van der Waals surface area contributed by atoms with Crippen LogP contribution in [0.2, 0.25) is 0 Å². The van der Waals surface area contributed by atoms with Crippen LogP contribution in [0.25, 0.3) is 33.7 Å². The number of rotatable bonds is 0. The van der Waals surface area contributed by atoms with Gasteiger partial charge in [-0.25, -0.2) is 0 Å². The van der Waals surface area contributed by atoms with Crippen molar-refractivity contribution in [3.05, 3.63) is 74.6 Å². The average molecular weight is 288 g/mol. The predicted molar refractivity (Wildman–Crippen MR) is 84.5 cm³/mol. The van der Waals surface area contributed by atoms with Gasteiger partial charge in [-0.1, -0.05) is 12.2 Å². The third-order valence-electron chi connectivity index (χ3n) is 4.78. The van der Waals surface area contributed by atoms with Crippen LogP contribution in [-0.2, 0) is 12.8 Å². The SMILES string of the molecule is O=c1cc2c3c(c4c(=O)c(=O)cc5c4c(c3c1=O)=CC5)=CC2. The van der Waals surface area contributed by atoms with Crippen LogP contribution in [0.15, 0.2) is 31.3 Å². The summed E-state index contributed by atoms with van der Waals surface area (Å²) in [7, 11) is 0. The van der Waals surface area contributed by atoms with E-state index >= 15 is 0 Å². The Hall–Kier alpha value is -2.88. The maximum atomic E-state index is 12.4. The maximum Gasteiger partial charge on any atom is 0.234 e. The molecule has 2 aliphatic carbocycles. The molecule has 0 spiro atoms. The summed E-state index contributed by atoms with van der Waals surface area (Å²) in [6, 6.07) is 2.72. The van der Waals surface area contributed by atoms with Gasteiger partial charge in [0.1, 0.15) is 0 Å². The average Bonchev–Trinajstić information content (AvgIpc) is 3.08. The Balaban J connectivity index is 2.39. The molecule has 0 aliphatic heterocycles. The summed E-state index contributed by atoms with van der Waals surface area (Å²) in [5.41, 5.74) is -0.520. The van der Waals surface area contributed by atoms with Gasteiger partial charge in [0.25, 0.3) is 0 Å². The van der Waals surface area contributed by atoms with E-state index in [1.54, 1.807) is 0 Å². The van der Waals surface area contributed by atoms with Crippen molar-refractivity contribution >= 4 is 33.7 Å². The first-order valence-electron chi connectivity index (χ1n) is 7.07. The lowest BCUT2D eigenvalue weighted by atomic mass is 9.96. The van der Waals surface area contributed by atoms with E-state index in [0.717, 1.165) is 11.1 Å². The zero-order valence-electron chi connectivity index (χ0n) is 11.4. The van der Waals surface area contributed by atoms with Crippen molar-refractivity contribution in [1.29, 1.82) is 0 Å². The monoisotopic (exact) mass is 288 g/mol. The second kappa shape index (κ2) is 3.47. The molecule has 0 heterocycles. The van der Waals surface area contributed by atoms with Gasteiger partial charge in [-0.3, -0.25) is 19.2 Å². The topological polar surface area (TPSA) is 68.3 Å². The fraction of sp³-hybridized carbons (Fsp3) is 0.111. The van der Waals surface area contributed by atoms with Gasteiger partial charge in [-0.15, -0.1) is 0 Å². The molecule has 3 aromatic carbocycles. The van der Waals surface area contributed by atoms with Gasteiger partial charge in [-0.2, -0.15) is 0 Å². The second-order valence-electron chi connectivity index (χ2n) is 5.87. The molecule has 0 amide bonds. The van der Waals surface area contributed by atoms with Gasteiger partial charge < -0.3 is 0 Å². The maximum absolute atomic E-state index is 12.4. The zero-order valence-corrected chi connectivity index (χ0v) is 11.4. The van der Waals surface area contributed by atoms with E-state index in [4.69, 9.17) is 0 Å². The summed E-state index contributed by atoms with van der Waals surface area (Å²) in [6.45, 7) is 0. The molecule has 0 unspecified atom stereocenters. The summed E-state index contributed by atoms with van der Waals surface area (Å²) in [5.74, 6) is 0. The highest BCUT2D eigenvalue weighted by atomic mass is 16.2. The van der Waals surface area contributed by atoms with Crippen LogP contribution in [0.1, 0.15) is 11.1 Å². The predicted octanol–water partition coefficient (Wildman–Crippen LogP) is -1.02. The van der Waals surface area contributed by atoms with Crippen molar-refractivity contribution in [2.75, 3.05) is 0 Å². The molecule has 0 radical (unpaired) electrons. The van der Waals surface area contributed by atoms with Crippen molar-refractivity contribution < 1.29 is 0 Å². The number of hydrogen-bond donors (Lipinski definition) is 0. The molecule has 4 heteroatoms. The number of hydrogen-bond acceptors (Lipinski definition) is 4. The Bertz CT molecular complexity index is 1280. The fourth-order valence-electron chi connectivity index (χ4n) is 3.92. The van der Waals surface area contributed by atoms with Crippen LogP contribution in [0.3, 0.4) is 0 Å². The molecule has 0 saturated carbocycles. The molecular formula is C18H8O4. The zero-order chi connectivity index (χ0) is 15.2. The standard InChI is InChI=1S/C18H8O4/c19-11-5-7-1-3-9-13(7)16(17(11)21)10-4-2-8-6-12(20)18(22)15(9)14(8)10/h3-6H,1-2H2. The summed E-state index contributed by atoms with van der Waals surface area (Å²) in [6.07, 6.45) is 4.72. The van der Waals surface area contributed by atoms with Crippen LogP contribution >= 0.6 is 0 Å². The van der Waals surface area contributed by atoms with Crippen LogP contribution in [0.4, 0.5) is 0 Å². The van der Waals surface area contributed by atoms with Gasteiger partial charge in [0.05, 0.1) is 0 Å². The molecule has 22 heavy (non-hydrogen) atoms. The number of fused-ring (bicyclic) bond motifs is 2. The van der Waals surface area contributed by atoms with Gasteiger partial charge in [0.2, 0.25) is 21.7 Å². The molecule has 0 atom stereocenters. The Morgan fingerprint density at radius 3 is 1.41 bits per heavy atom. The minimum atomic E-state index is -0.519. The molecule has 0 saturated heterocycles. The normalized spacial score (nSPS) is 14.5. The molecule has 3 aromatic rings. The summed E-state index contributed by atoms with van der Waals surface area (Å²) < 4.78 is 0. The lowest BCUT2D eigenvalue weighted by Gasteiger charge is -2.04. The summed E-state index contributed by atoms with van der Waals surface area (Å²) in [5, 5.41) is 3.49. The summed E-state index contributed by atoms with van der Waals surface area (Å²) in [4.78, 5) is 48.6. The number of benzene rings is 3. The van der Waals surface area contributed by atoms with Crippen LogP contribution < -0.4 is 32.2 Å².